The zero-order valence-electron chi connectivity index (χ0n) is 24.6. The van der Waals surface area contributed by atoms with Crippen LogP contribution < -0.4 is 20.7 Å². The first-order valence-corrected chi connectivity index (χ1v) is 14.5. The van der Waals surface area contributed by atoms with Gasteiger partial charge in [0.2, 0.25) is 11.8 Å². The number of methoxy groups -OCH3 is 1. The Morgan fingerprint density at radius 3 is 2.09 bits per heavy atom. The molecule has 3 aromatic carbocycles. The second-order valence-electron chi connectivity index (χ2n) is 12.2. The van der Waals surface area contributed by atoms with Gasteiger partial charge >= 0.3 is 6.03 Å². The van der Waals surface area contributed by atoms with Gasteiger partial charge in [-0.1, -0.05) is 36.4 Å². The van der Waals surface area contributed by atoms with Gasteiger partial charge in [0.15, 0.2) is 5.54 Å². The van der Waals surface area contributed by atoms with Crippen LogP contribution in [0.4, 0.5) is 4.79 Å². The second kappa shape index (κ2) is 10.0. The van der Waals surface area contributed by atoms with Gasteiger partial charge in [-0.25, -0.2) is 4.79 Å². The van der Waals surface area contributed by atoms with Crippen LogP contribution in [0.2, 0.25) is 0 Å². The number of nitrogens with zero attached hydrogens (tertiary/aromatic N) is 2. The van der Waals surface area contributed by atoms with Crippen molar-refractivity contribution in [2.24, 2.45) is 5.41 Å². The molecule has 45 heavy (non-hydrogen) atoms. The fourth-order valence-electron chi connectivity index (χ4n) is 6.72. The molecule has 7 amide bonds. The third-order valence-corrected chi connectivity index (χ3v) is 9.15. The van der Waals surface area contributed by atoms with Gasteiger partial charge in [0.1, 0.15) is 5.75 Å². The van der Waals surface area contributed by atoms with Gasteiger partial charge in [0.25, 0.3) is 17.7 Å². The molecule has 12 nitrogen and oxygen atoms in total. The maximum absolute atomic E-state index is 13.3. The summed E-state index contributed by atoms with van der Waals surface area (Å²) in [6.07, 6.45) is 0.0388. The fourth-order valence-corrected chi connectivity index (χ4v) is 6.72. The molecule has 4 aliphatic heterocycles. The lowest BCUT2D eigenvalue weighted by molar-refractivity contribution is -0.128. The van der Waals surface area contributed by atoms with E-state index in [1.54, 1.807) is 42.2 Å². The lowest BCUT2D eigenvalue weighted by Gasteiger charge is -2.31. The van der Waals surface area contributed by atoms with E-state index >= 15 is 0 Å². The summed E-state index contributed by atoms with van der Waals surface area (Å²) in [5, 5.41) is 7.41. The third-order valence-electron chi connectivity index (χ3n) is 9.15. The topological polar surface area (TPSA) is 154 Å². The predicted molar refractivity (Wildman–Crippen MR) is 159 cm³/mol. The molecule has 0 bridgehead atoms. The number of benzene rings is 3. The Kier molecular flexibility index (Phi) is 6.29. The van der Waals surface area contributed by atoms with E-state index in [0.29, 0.717) is 29.0 Å². The second-order valence-corrected chi connectivity index (χ2v) is 12.2. The minimum Gasteiger partial charge on any atom is -0.497 e. The van der Waals surface area contributed by atoms with Gasteiger partial charge in [0.05, 0.1) is 19.1 Å². The summed E-state index contributed by atoms with van der Waals surface area (Å²) in [5.74, 6) is -1.17. The molecule has 2 fully saturated rings. The van der Waals surface area contributed by atoms with Crippen LogP contribution in [-0.2, 0) is 33.0 Å². The zero-order valence-corrected chi connectivity index (χ0v) is 24.6. The van der Waals surface area contributed by atoms with Crippen molar-refractivity contribution in [2.75, 3.05) is 20.2 Å². The lowest BCUT2D eigenvalue weighted by atomic mass is 9.87. The molecule has 1 unspecified atom stereocenters. The van der Waals surface area contributed by atoms with Gasteiger partial charge < -0.3 is 19.9 Å². The van der Waals surface area contributed by atoms with E-state index in [0.717, 1.165) is 22.3 Å². The molecule has 12 heteroatoms. The molecule has 3 aromatic rings. The third kappa shape index (κ3) is 4.52. The van der Waals surface area contributed by atoms with Crippen molar-refractivity contribution in [1.29, 1.82) is 0 Å². The van der Waals surface area contributed by atoms with Crippen LogP contribution in [0.5, 0.6) is 5.75 Å². The van der Waals surface area contributed by atoms with Gasteiger partial charge in [-0.2, -0.15) is 0 Å². The Bertz CT molecular complexity index is 1850. The smallest absolute Gasteiger partial charge is 0.322 e. The van der Waals surface area contributed by atoms with Crippen molar-refractivity contribution < 1.29 is 33.5 Å². The summed E-state index contributed by atoms with van der Waals surface area (Å²) < 4.78 is 5.26. The number of nitrogens with one attached hydrogen (secondary N) is 3. The average molecular weight is 608 g/mol. The molecule has 3 N–H and O–H groups in total. The Balaban J connectivity index is 1.13. The highest BCUT2D eigenvalue weighted by atomic mass is 16.5. The molecule has 2 atom stereocenters. The number of amides is 7. The number of hydrogen-bond donors (Lipinski definition) is 3. The Morgan fingerprint density at radius 1 is 0.733 bits per heavy atom. The first kappa shape index (κ1) is 28.3. The summed E-state index contributed by atoms with van der Waals surface area (Å²) in [5.41, 5.74) is 2.34. The summed E-state index contributed by atoms with van der Waals surface area (Å²) in [6, 6.07) is 17.3. The Morgan fingerprint density at radius 2 is 1.42 bits per heavy atom. The highest BCUT2D eigenvalue weighted by Gasteiger charge is 2.50. The van der Waals surface area contributed by atoms with Crippen molar-refractivity contribution in [3.05, 3.63) is 88.5 Å². The number of carbonyl (C=O) groups excluding carboxylic acids is 6. The van der Waals surface area contributed by atoms with Crippen molar-refractivity contribution in [3.63, 3.8) is 0 Å². The molecule has 0 spiro atoms. The predicted octanol–water partition coefficient (Wildman–Crippen LogP) is 2.06. The van der Waals surface area contributed by atoms with Gasteiger partial charge in [0, 0.05) is 37.2 Å². The molecule has 7 rings (SSSR count). The minimum atomic E-state index is -1.49. The van der Waals surface area contributed by atoms with Crippen LogP contribution in [0.3, 0.4) is 0 Å². The molecule has 0 radical (unpaired) electrons. The largest absolute Gasteiger partial charge is 0.497 e. The summed E-state index contributed by atoms with van der Waals surface area (Å²) >= 11 is 0. The molecule has 0 aromatic heterocycles. The summed E-state index contributed by atoms with van der Waals surface area (Å²) in [7, 11) is 1.52. The van der Waals surface area contributed by atoms with Gasteiger partial charge in [-0.05, 0) is 59.0 Å². The number of hydrogen-bond acceptors (Lipinski definition) is 7. The number of carbonyl (C=O) groups is 6. The molecular weight excluding hydrogens is 578 g/mol. The van der Waals surface area contributed by atoms with E-state index in [4.69, 9.17) is 4.74 Å². The number of ether oxygens (including phenoxy) is 1. The zero-order chi connectivity index (χ0) is 31.7. The van der Waals surface area contributed by atoms with Crippen molar-refractivity contribution >= 4 is 35.6 Å². The maximum Gasteiger partial charge on any atom is 0.322 e. The lowest BCUT2D eigenvalue weighted by Crippen LogP contribution is -2.52. The van der Waals surface area contributed by atoms with E-state index in [2.05, 4.69) is 16.0 Å². The molecular formula is C33H29N5O7. The average Bonchev–Trinajstić information content (AvgIpc) is 3.68. The number of imide groups is 2. The van der Waals surface area contributed by atoms with E-state index in [1.165, 1.54) is 12.0 Å². The highest BCUT2D eigenvalue weighted by Crippen LogP contribution is 2.36. The van der Waals surface area contributed by atoms with E-state index in [9.17, 15) is 28.8 Å². The Hall–Kier alpha value is -5.52. The van der Waals surface area contributed by atoms with Crippen LogP contribution in [0.15, 0.2) is 60.7 Å². The summed E-state index contributed by atoms with van der Waals surface area (Å²) in [4.78, 5) is 79.3. The first-order chi connectivity index (χ1) is 21.5. The van der Waals surface area contributed by atoms with Crippen LogP contribution in [0, 0.1) is 5.41 Å². The van der Waals surface area contributed by atoms with Crippen LogP contribution in [0.25, 0.3) is 11.1 Å². The Labute approximate surface area is 257 Å². The molecule has 0 saturated carbocycles. The van der Waals surface area contributed by atoms with Crippen LogP contribution in [0.1, 0.15) is 50.8 Å². The molecule has 4 heterocycles. The molecule has 0 aliphatic carbocycles. The first-order valence-electron chi connectivity index (χ1n) is 14.5. The van der Waals surface area contributed by atoms with Crippen molar-refractivity contribution in [1.82, 2.24) is 25.8 Å². The van der Waals surface area contributed by atoms with E-state index in [1.807, 2.05) is 30.3 Å². The number of fused-ring (bicyclic) bond motifs is 2. The van der Waals surface area contributed by atoms with Gasteiger partial charge in [-0.3, -0.25) is 34.6 Å². The van der Waals surface area contributed by atoms with E-state index in [-0.39, 0.29) is 49.7 Å². The fraction of sp³-hybridized carbons (Fsp3) is 0.273. The standard InChI is InChI=1S/C33H29N5O7/c1-32(13-26(39)34-29(32)42)16-37-15-21-11-19(6-10-24(21)27(37)40)18-3-7-22(8-4-18)33(30(43)35-31(44)36-33)17-38-14-20-5-9-23(45-2)12-25(20)28(38)41/h3-12H,13-17H2,1-2H3,(H,34,39,42)(H2,35,36,43,44)/t32?,33-/m0/s1. The number of rotatable bonds is 7. The summed E-state index contributed by atoms with van der Waals surface area (Å²) in [6.45, 7) is 2.35. The maximum atomic E-state index is 13.3. The minimum absolute atomic E-state index is 0.0388. The normalized spacial score (nSPS) is 23.7. The molecule has 4 aliphatic rings. The molecule has 228 valence electrons. The van der Waals surface area contributed by atoms with E-state index < -0.39 is 22.9 Å². The monoisotopic (exact) mass is 607 g/mol. The van der Waals surface area contributed by atoms with Crippen molar-refractivity contribution in [3.8, 4) is 16.9 Å². The number of urea groups is 1. The highest BCUT2D eigenvalue weighted by molar-refractivity contribution is 6.09. The van der Waals surface area contributed by atoms with Crippen LogP contribution in [-0.4, -0.2) is 65.6 Å². The SMILES string of the molecule is COc1ccc2c(c1)C(=O)N(C[C@@]1(c3ccc(-c4ccc5c(c4)CN(CC4(C)CC(=O)NC4=O)C5=O)cc3)NC(=O)NC1=O)C2. The van der Waals surface area contributed by atoms with Crippen LogP contribution >= 0.6 is 0 Å². The van der Waals surface area contributed by atoms with Crippen molar-refractivity contribution in [2.45, 2.75) is 32.0 Å². The van der Waals surface area contributed by atoms with Gasteiger partial charge in [-0.15, -0.1) is 0 Å². The molecule has 2 saturated heterocycles. The quantitative estimate of drug-likeness (QED) is 0.274.